The third-order valence-electron chi connectivity index (χ3n) is 14.7. The smallest absolute Gasteiger partial charge is 0.137 e. The summed E-state index contributed by atoms with van der Waals surface area (Å²) < 4.78 is 12.0. The van der Waals surface area contributed by atoms with Gasteiger partial charge in [0.25, 0.3) is 0 Å². The van der Waals surface area contributed by atoms with Crippen LogP contribution in [0, 0.1) is 0 Å². The van der Waals surface area contributed by atoms with Crippen molar-refractivity contribution in [3.63, 3.8) is 0 Å². The summed E-state index contributed by atoms with van der Waals surface area (Å²) in [6.07, 6.45) is 1.95. The summed E-state index contributed by atoms with van der Waals surface area (Å²) in [6, 6.07) is 70.8. The average molecular weight is 983 g/mol. The Morgan fingerprint density at radius 2 is 1.08 bits per heavy atom. The Labute approximate surface area is 440 Å². The molecule has 0 amide bonds. The molecule has 0 saturated carbocycles. The van der Waals surface area contributed by atoms with E-state index in [1.807, 2.05) is 17.5 Å². The Morgan fingerprint density at radius 1 is 0.459 bits per heavy atom. The second-order valence-corrected chi connectivity index (χ2v) is 24.0. The third-order valence-corrected chi connectivity index (χ3v) is 15.9. The lowest BCUT2D eigenvalue weighted by Crippen LogP contribution is -2.25. The molecule has 1 aliphatic rings. The highest BCUT2D eigenvalue weighted by Gasteiger charge is 2.33. The molecule has 0 unspecified atom stereocenters. The lowest BCUT2D eigenvalue weighted by molar-refractivity contribution is 0.483. The van der Waals surface area contributed by atoms with Crippen LogP contribution in [0.1, 0.15) is 79.0 Å². The van der Waals surface area contributed by atoms with Crippen molar-refractivity contribution in [3.8, 4) is 50.7 Å². The maximum atomic E-state index is 7.14. The van der Waals surface area contributed by atoms with Gasteiger partial charge < -0.3 is 14.5 Å². The molecule has 1 aliphatic heterocycles. The number of rotatable bonds is 8. The highest BCUT2D eigenvalue weighted by molar-refractivity contribution is 7.26. The van der Waals surface area contributed by atoms with Crippen LogP contribution in [0.2, 0.25) is 0 Å². The van der Waals surface area contributed by atoms with Gasteiger partial charge in [-0.1, -0.05) is 190 Å². The van der Waals surface area contributed by atoms with Crippen LogP contribution >= 0.6 is 11.3 Å². The van der Waals surface area contributed by atoms with Crippen LogP contribution in [0.5, 0.6) is 11.5 Å². The number of fused-ring (bicyclic) bond motifs is 6. The van der Waals surface area contributed by atoms with Gasteiger partial charge in [0, 0.05) is 50.6 Å². The number of anilines is 4. The molecular formula is C68H62N4OS. The van der Waals surface area contributed by atoms with Crippen LogP contribution in [0.25, 0.3) is 70.4 Å². The average Bonchev–Trinajstić information content (AvgIpc) is 4.07. The molecule has 0 spiro atoms. The Bertz CT molecular complexity index is 3890. The molecule has 12 rings (SSSR count). The lowest BCUT2D eigenvalue weighted by Gasteiger charge is -2.29. The van der Waals surface area contributed by atoms with E-state index < -0.39 is 0 Å². The Kier molecular flexibility index (Phi) is 11.4. The largest absolute Gasteiger partial charge is 0.457 e. The van der Waals surface area contributed by atoms with Crippen LogP contribution < -0.4 is 14.5 Å². The van der Waals surface area contributed by atoms with E-state index in [9.17, 15) is 0 Å². The van der Waals surface area contributed by atoms with Crippen molar-refractivity contribution < 1.29 is 4.74 Å². The first-order valence-corrected chi connectivity index (χ1v) is 26.7. The second-order valence-electron chi connectivity index (χ2n) is 23.0. The summed E-state index contributed by atoms with van der Waals surface area (Å²) in [5, 5.41) is 2.40. The minimum Gasteiger partial charge on any atom is -0.457 e. The zero-order valence-corrected chi connectivity index (χ0v) is 44.7. The van der Waals surface area contributed by atoms with Crippen LogP contribution in [-0.4, -0.2) is 16.2 Å². The molecule has 3 aromatic heterocycles. The van der Waals surface area contributed by atoms with Gasteiger partial charge in [-0.3, -0.25) is 4.57 Å². The maximum absolute atomic E-state index is 7.14. The topological polar surface area (TPSA) is 33.5 Å². The van der Waals surface area contributed by atoms with Gasteiger partial charge in [-0.2, -0.15) is 0 Å². The summed E-state index contributed by atoms with van der Waals surface area (Å²) in [7, 11) is 0. The summed E-state index contributed by atoms with van der Waals surface area (Å²) in [4.78, 5) is 10.0. The molecule has 0 radical (unpaired) electrons. The van der Waals surface area contributed by atoms with E-state index in [0.717, 1.165) is 51.0 Å². The van der Waals surface area contributed by atoms with Crippen LogP contribution in [-0.2, 0) is 16.2 Å². The maximum Gasteiger partial charge on any atom is 0.137 e. The van der Waals surface area contributed by atoms with Crippen LogP contribution in [0.15, 0.2) is 200 Å². The van der Waals surface area contributed by atoms with Gasteiger partial charge in [0.1, 0.15) is 24.0 Å². The Hall–Kier alpha value is -7.93. The fraction of sp³-hybridized carbons (Fsp3) is 0.191. The lowest BCUT2D eigenvalue weighted by atomic mass is 9.78. The number of benzene rings is 8. The zero-order valence-electron chi connectivity index (χ0n) is 43.9. The van der Waals surface area contributed by atoms with E-state index in [4.69, 9.17) is 9.72 Å². The monoisotopic (exact) mass is 982 g/mol. The number of nitrogens with zero attached hydrogens (tertiary/aromatic N) is 4. The van der Waals surface area contributed by atoms with Gasteiger partial charge in [0.2, 0.25) is 0 Å². The van der Waals surface area contributed by atoms with Crippen molar-refractivity contribution >= 4 is 65.3 Å². The van der Waals surface area contributed by atoms with Crippen LogP contribution in [0.4, 0.5) is 22.7 Å². The molecule has 8 aromatic carbocycles. The second kappa shape index (κ2) is 17.9. The first-order valence-electron chi connectivity index (χ1n) is 25.9. The normalized spacial score (nSPS) is 13.1. The standard InChI is InChI=1S/C68H62N4OS/c1-66(2,3)48-33-34-69-62(40-48)72-60-42-52(31-32-56(60)65-64(72)57-25-16-19-30-61(57)74-65)73-53-38-46(44-21-12-10-13-22-44)37-51(41-53)70-43-71(59-29-18-17-28-58(59)70)63-54(45-23-14-11-15-24-45)26-20-27-55(63)47-35-49(67(4,5)6)39-50(36-47)68(7,8)9/h10-42H,43H2,1-9H3. The Morgan fingerprint density at radius 3 is 1.77 bits per heavy atom. The molecular weight excluding hydrogens is 921 g/mol. The number of pyridine rings is 1. The molecule has 0 fully saturated rings. The van der Waals surface area contributed by atoms with Gasteiger partial charge in [0.15, 0.2) is 0 Å². The molecule has 6 heteroatoms. The highest BCUT2D eigenvalue weighted by Crippen LogP contribution is 2.52. The summed E-state index contributed by atoms with van der Waals surface area (Å²) >= 11 is 1.84. The molecule has 74 heavy (non-hydrogen) atoms. The fourth-order valence-electron chi connectivity index (χ4n) is 10.7. The number of hydrogen-bond acceptors (Lipinski definition) is 5. The molecule has 0 N–H and O–H groups in total. The van der Waals surface area contributed by atoms with Gasteiger partial charge in [-0.05, 0) is 110 Å². The quantitative estimate of drug-likeness (QED) is 0.152. The van der Waals surface area contributed by atoms with Crippen molar-refractivity contribution in [2.75, 3.05) is 16.5 Å². The number of para-hydroxylation sites is 3. The molecule has 366 valence electrons. The van der Waals surface area contributed by atoms with E-state index in [1.165, 1.54) is 70.3 Å². The summed E-state index contributed by atoms with van der Waals surface area (Å²) in [5.41, 5.74) is 17.5. The van der Waals surface area contributed by atoms with E-state index >= 15 is 0 Å². The minimum absolute atomic E-state index is 0.0372. The third kappa shape index (κ3) is 8.51. The SMILES string of the molecule is CC(C)(C)c1cc(-c2cccc(-c3ccccc3)c2N2CN(c3cc(Oc4ccc5c6sc7ccccc7c6n(-c6cc(C(C)(C)C)ccn6)c5c4)cc(-c4ccccc4)c3)c3ccccc32)cc(C(C)(C)C)c1. The van der Waals surface area contributed by atoms with E-state index in [0.29, 0.717) is 6.67 Å². The molecule has 5 nitrogen and oxygen atoms in total. The van der Waals surface area contributed by atoms with Crippen molar-refractivity contribution in [2.24, 2.45) is 0 Å². The highest BCUT2D eigenvalue weighted by atomic mass is 32.1. The minimum atomic E-state index is -0.0408. The van der Waals surface area contributed by atoms with E-state index in [-0.39, 0.29) is 16.2 Å². The summed E-state index contributed by atoms with van der Waals surface area (Å²) in [5.74, 6) is 2.42. The number of hydrogen-bond donors (Lipinski definition) is 0. The van der Waals surface area contributed by atoms with E-state index in [1.54, 1.807) is 0 Å². The molecule has 0 aliphatic carbocycles. The first kappa shape index (κ1) is 47.1. The van der Waals surface area contributed by atoms with Crippen molar-refractivity contribution in [2.45, 2.75) is 78.6 Å². The van der Waals surface area contributed by atoms with Crippen molar-refractivity contribution in [1.29, 1.82) is 0 Å². The fourth-order valence-corrected chi connectivity index (χ4v) is 11.9. The molecule has 4 heterocycles. The number of ether oxygens (including phenoxy) is 1. The number of thiophene rings is 1. The summed E-state index contributed by atoms with van der Waals surface area (Å²) in [6.45, 7) is 21.3. The van der Waals surface area contributed by atoms with Gasteiger partial charge in [-0.15, -0.1) is 11.3 Å². The first-order chi connectivity index (χ1) is 35.6. The van der Waals surface area contributed by atoms with Gasteiger partial charge in [0.05, 0.1) is 32.8 Å². The van der Waals surface area contributed by atoms with Gasteiger partial charge in [-0.25, -0.2) is 4.98 Å². The Balaban J connectivity index is 1.01. The predicted molar refractivity (Wildman–Crippen MR) is 315 cm³/mol. The predicted octanol–water partition coefficient (Wildman–Crippen LogP) is 19.3. The van der Waals surface area contributed by atoms with E-state index in [2.05, 4.69) is 271 Å². The zero-order chi connectivity index (χ0) is 51.1. The van der Waals surface area contributed by atoms with Gasteiger partial charge >= 0.3 is 0 Å². The molecule has 0 bridgehead atoms. The molecule has 0 saturated heterocycles. The number of aromatic nitrogens is 2. The molecule has 0 atom stereocenters. The van der Waals surface area contributed by atoms with Crippen molar-refractivity contribution in [3.05, 3.63) is 217 Å². The molecule has 11 aromatic rings. The van der Waals surface area contributed by atoms with Crippen LogP contribution in [0.3, 0.4) is 0 Å². The van der Waals surface area contributed by atoms with Crippen molar-refractivity contribution in [1.82, 2.24) is 9.55 Å².